The highest BCUT2D eigenvalue weighted by molar-refractivity contribution is 8.00. The number of aliphatic imine (C=N–C) groups is 1. The van der Waals surface area contributed by atoms with Crippen molar-refractivity contribution in [3.8, 4) is 0 Å². The average Bonchev–Trinajstić information content (AvgIpc) is 2.95. The quantitative estimate of drug-likeness (QED) is 0.800. The van der Waals surface area contributed by atoms with Gasteiger partial charge in [0.15, 0.2) is 0 Å². The molecular weight excluding hydrogens is 302 g/mol. The van der Waals surface area contributed by atoms with Gasteiger partial charge in [0.2, 0.25) is 6.35 Å². The lowest BCUT2D eigenvalue weighted by Gasteiger charge is -2.33. The fourth-order valence-electron chi connectivity index (χ4n) is 2.40. The summed E-state index contributed by atoms with van der Waals surface area (Å²) >= 11 is 1.71. The molecule has 7 heteroatoms. The molecule has 0 aromatic carbocycles. The largest absolute Gasteiger partial charge is 0.375 e. The molecule has 0 aliphatic carbocycles. The van der Waals surface area contributed by atoms with Crippen molar-refractivity contribution in [1.82, 2.24) is 9.80 Å². The molecule has 22 heavy (non-hydrogen) atoms. The lowest BCUT2D eigenvalue weighted by Crippen LogP contribution is -2.44. The Morgan fingerprint density at radius 1 is 1.50 bits per heavy atom. The normalized spacial score (nSPS) is 28.4. The van der Waals surface area contributed by atoms with Crippen molar-refractivity contribution in [2.24, 2.45) is 4.99 Å². The van der Waals surface area contributed by atoms with Gasteiger partial charge in [-0.15, -0.1) is 11.8 Å². The molecule has 0 saturated carbocycles. The van der Waals surface area contributed by atoms with E-state index in [1.807, 2.05) is 26.1 Å². The summed E-state index contributed by atoms with van der Waals surface area (Å²) in [7, 11) is 0. The zero-order valence-corrected chi connectivity index (χ0v) is 14.6. The summed E-state index contributed by atoms with van der Waals surface area (Å²) in [5.41, 5.74) is 0.0150. The second-order valence-electron chi connectivity index (χ2n) is 5.50. The Morgan fingerprint density at radius 3 is 2.82 bits per heavy atom. The van der Waals surface area contributed by atoms with Crippen molar-refractivity contribution in [3.63, 3.8) is 0 Å². The van der Waals surface area contributed by atoms with Gasteiger partial charge in [0.1, 0.15) is 17.5 Å². The van der Waals surface area contributed by atoms with Crippen molar-refractivity contribution < 1.29 is 14.6 Å². The van der Waals surface area contributed by atoms with Crippen molar-refractivity contribution in [3.05, 3.63) is 12.3 Å². The van der Waals surface area contributed by atoms with Gasteiger partial charge in [0.25, 0.3) is 0 Å². The predicted octanol–water partition coefficient (Wildman–Crippen LogP) is 1.67. The van der Waals surface area contributed by atoms with Crippen LogP contribution in [-0.2, 0) is 9.47 Å². The Morgan fingerprint density at radius 2 is 2.23 bits per heavy atom. The molecule has 1 N–H and O–H groups in total. The van der Waals surface area contributed by atoms with E-state index in [9.17, 15) is 5.11 Å². The molecule has 0 aromatic rings. The second kappa shape index (κ2) is 8.19. The molecule has 1 saturated heterocycles. The molecule has 0 amide bonds. The van der Waals surface area contributed by atoms with Crippen LogP contribution in [0.4, 0.5) is 0 Å². The number of thioether (sulfide) groups is 1. The maximum atomic E-state index is 10.3. The summed E-state index contributed by atoms with van der Waals surface area (Å²) in [6, 6.07) is 0. The summed E-state index contributed by atoms with van der Waals surface area (Å²) in [4.78, 5) is 8.24. The zero-order chi connectivity index (χ0) is 16.1. The van der Waals surface area contributed by atoms with Gasteiger partial charge in [-0.3, -0.25) is 0 Å². The smallest absolute Gasteiger partial charge is 0.229 e. The number of aliphatic hydroxyl groups excluding tert-OH is 1. The van der Waals surface area contributed by atoms with Gasteiger partial charge in [0.05, 0.1) is 12.7 Å². The predicted molar refractivity (Wildman–Crippen MR) is 89.5 cm³/mol. The highest BCUT2D eigenvalue weighted by atomic mass is 32.2. The van der Waals surface area contributed by atoms with Gasteiger partial charge >= 0.3 is 0 Å². The van der Waals surface area contributed by atoms with Gasteiger partial charge in [-0.25, -0.2) is 4.99 Å². The lowest BCUT2D eigenvalue weighted by molar-refractivity contribution is -0.106. The second-order valence-corrected chi connectivity index (χ2v) is 6.70. The molecule has 1 unspecified atom stereocenters. The number of ether oxygens (including phenoxy) is 2. The Kier molecular flexibility index (Phi) is 6.55. The average molecular weight is 329 g/mol. The molecule has 0 spiro atoms. The minimum atomic E-state index is -0.893. The number of hydrogen-bond acceptors (Lipinski definition) is 7. The molecule has 0 radical (unpaired) electrons. The Labute approximate surface area is 137 Å². The van der Waals surface area contributed by atoms with Crippen LogP contribution in [0.5, 0.6) is 0 Å². The summed E-state index contributed by atoms with van der Waals surface area (Å²) in [5.74, 6) is 1.61. The first-order valence-electron chi connectivity index (χ1n) is 7.90. The van der Waals surface area contributed by atoms with Crippen LogP contribution in [0.3, 0.4) is 0 Å². The Balaban J connectivity index is 1.89. The van der Waals surface area contributed by atoms with E-state index in [0.717, 1.165) is 24.7 Å². The number of hydrogen-bond donors (Lipinski definition) is 1. The minimum absolute atomic E-state index is 0.0150. The van der Waals surface area contributed by atoms with Crippen LogP contribution in [0.15, 0.2) is 17.3 Å². The van der Waals surface area contributed by atoms with Crippen molar-refractivity contribution in [1.29, 1.82) is 0 Å². The first-order chi connectivity index (χ1) is 10.5. The third-order valence-corrected chi connectivity index (χ3v) is 4.73. The molecule has 2 rings (SSSR count). The van der Waals surface area contributed by atoms with Gasteiger partial charge in [-0.05, 0) is 33.8 Å². The Bertz CT molecular complexity index is 413. The van der Waals surface area contributed by atoms with E-state index < -0.39 is 6.35 Å². The molecule has 1 fully saturated rings. The molecule has 2 aliphatic heterocycles. The van der Waals surface area contributed by atoms with Crippen molar-refractivity contribution in [2.45, 2.75) is 51.8 Å². The fraction of sp³-hybridized carbons (Fsp3) is 0.800. The first-order valence-corrected chi connectivity index (χ1v) is 8.95. The van der Waals surface area contributed by atoms with Crippen LogP contribution in [0, 0.1) is 0 Å². The van der Waals surface area contributed by atoms with Crippen LogP contribution in [0.2, 0.25) is 0 Å². The molecule has 126 valence electrons. The van der Waals surface area contributed by atoms with Crippen LogP contribution in [0.25, 0.3) is 0 Å². The van der Waals surface area contributed by atoms with E-state index in [1.165, 1.54) is 0 Å². The van der Waals surface area contributed by atoms with Crippen LogP contribution in [0.1, 0.15) is 27.7 Å². The van der Waals surface area contributed by atoms with E-state index in [2.05, 4.69) is 23.7 Å². The number of rotatable bonds is 6. The molecule has 0 aromatic heterocycles. The summed E-state index contributed by atoms with van der Waals surface area (Å²) < 4.78 is 11.5. The minimum Gasteiger partial charge on any atom is -0.375 e. The number of likely N-dealkylation sites (N-methyl/N-ethyl adjacent to an activating group) is 1. The summed E-state index contributed by atoms with van der Waals surface area (Å²) in [6.45, 7) is 10.5. The molecule has 2 heterocycles. The topological polar surface area (TPSA) is 57.5 Å². The van der Waals surface area contributed by atoms with E-state index in [1.54, 1.807) is 16.7 Å². The van der Waals surface area contributed by atoms with Gasteiger partial charge in [0, 0.05) is 25.0 Å². The van der Waals surface area contributed by atoms with Crippen molar-refractivity contribution >= 4 is 17.6 Å². The first kappa shape index (κ1) is 17.6. The van der Waals surface area contributed by atoms with Crippen molar-refractivity contribution in [2.75, 3.05) is 25.4 Å². The summed E-state index contributed by atoms with van der Waals surface area (Å²) in [6.07, 6.45) is 2.95. The van der Waals surface area contributed by atoms with Crippen LogP contribution in [-0.4, -0.2) is 70.3 Å². The van der Waals surface area contributed by atoms with Gasteiger partial charge in [-0.1, -0.05) is 0 Å². The maximum absolute atomic E-state index is 10.3. The number of amidine groups is 1. The highest BCUT2D eigenvalue weighted by Crippen LogP contribution is 2.29. The molecule has 3 atom stereocenters. The summed E-state index contributed by atoms with van der Waals surface area (Å²) in [5, 5.41) is 10.3. The van der Waals surface area contributed by atoms with Crippen LogP contribution < -0.4 is 0 Å². The fourth-order valence-corrected chi connectivity index (χ4v) is 3.41. The molecular formula is C15H27N3O3S. The SMILES string of the molecule is CCN(CC)C1=NC(O)N([C@H]2CS[C@@H](COC(C)C)O2)C=C1. The standard InChI is InChI=1S/C15H27N3O3S/c1-5-17(6-2)12-7-8-18(15(19)16-12)13-10-22-14(21-13)9-20-11(3)4/h7-8,11,13-15,19H,5-6,9-10H2,1-4H3/t13-,14+,15?/m1/s1. The van der Waals surface area contributed by atoms with E-state index in [0.29, 0.717) is 6.61 Å². The molecule has 6 nitrogen and oxygen atoms in total. The lowest BCUT2D eigenvalue weighted by atomic mass is 10.3. The van der Waals surface area contributed by atoms with E-state index in [-0.39, 0.29) is 17.8 Å². The third kappa shape index (κ3) is 4.38. The molecule has 0 bridgehead atoms. The maximum Gasteiger partial charge on any atom is 0.229 e. The van der Waals surface area contributed by atoms with Crippen LogP contribution >= 0.6 is 11.8 Å². The zero-order valence-electron chi connectivity index (χ0n) is 13.8. The van der Waals surface area contributed by atoms with E-state index >= 15 is 0 Å². The number of aliphatic hydroxyl groups is 1. The molecule has 2 aliphatic rings. The third-order valence-electron chi connectivity index (χ3n) is 3.63. The van der Waals surface area contributed by atoms with Gasteiger partial charge < -0.3 is 24.4 Å². The van der Waals surface area contributed by atoms with E-state index in [4.69, 9.17) is 9.47 Å². The highest BCUT2D eigenvalue weighted by Gasteiger charge is 2.33. The Hall–Kier alpha value is -0.760. The van der Waals surface area contributed by atoms with Gasteiger partial charge in [-0.2, -0.15) is 0 Å². The number of nitrogens with zero attached hydrogens (tertiary/aromatic N) is 3. The monoisotopic (exact) mass is 329 g/mol.